The predicted molar refractivity (Wildman–Crippen MR) is 76.1 cm³/mol. The monoisotopic (exact) mass is 282 g/mol. The average molecular weight is 282 g/mol. The Kier molecular flexibility index (Phi) is 4.37. The number of carbonyl (C=O) groups excluding carboxylic acids is 1. The molecule has 20 heavy (non-hydrogen) atoms. The van der Waals surface area contributed by atoms with E-state index < -0.39 is 11.5 Å². The third kappa shape index (κ3) is 2.97. The third-order valence-electron chi connectivity index (χ3n) is 5.17. The zero-order chi connectivity index (χ0) is 14.8. The Morgan fingerprint density at radius 2 is 2.00 bits per heavy atom. The van der Waals surface area contributed by atoms with E-state index in [1.54, 1.807) is 0 Å². The van der Waals surface area contributed by atoms with Crippen LogP contribution in [0.5, 0.6) is 0 Å². The van der Waals surface area contributed by atoms with Crippen molar-refractivity contribution in [3.8, 4) is 0 Å². The Bertz CT molecular complexity index is 387. The molecule has 1 amide bonds. The van der Waals surface area contributed by atoms with Crippen molar-refractivity contribution in [3.05, 3.63) is 0 Å². The Morgan fingerprint density at radius 1 is 1.30 bits per heavy atom. The van der Waals surface area contributed by atoms with Crippen molar-refractivity contribution in [2.75, 3.05) is 6.54 Å². The molecule has 0 aromatic rings. The van der Waals surface area contributed by atoms with Crippen LogP contribution in [-0.4, -0.2) is 29.1 Å². The number of carboxylic acids is 1. The van der Waals surface area contributed by atoms with Crippen LogP contribution in [0.3, 0.4) is 0 Å². The summed E-state index contributed by atoms with van der Waals surface area (Å²) in [5.74, 6) is -0.702. The molecule has 2 fully saturated rings. The molecule has 2 atom stereocenters. The molecular weight excluding hydrogens is 256 g/mol. The third-order valence-corrected chi connectivity index (χ3v) is 5.17. The lowest BCUT2D eigenvalue weighted by atomic mass is 9.66. The van der Waals surface area contributed by atoms with E-state index in [0.717, 1.165) is 32.1 Å². The van der Waals surface area contributed by atoms with Gasteiger partial charge in [-0.1, -0.05) is 26.2 Å². The molecule has 0 radical (unpaired) electrons. The van der Waals surface area contributed by atoms with Crippen molar-refractivity contribution in [1.29, 1.82) is 0 Å². The van der Waals surface area contributed by atoms with Gasteiger partial charge in [0, 0.05) is 6.42 Å². The van der Waals surface area contributed by atoms with Crippen LogP contribution in [0.4, 0.5) is 0 Å². The van der Waals surface area contributed by atoms with Crippen molar-refractivity contribution in [2.45, 2.75) is 63.8 Å². The molecule has 0 aromatic heterocycles. The van der Waals surface area contributed by atoms with Crippen LogP contribution in [0, 0.1) is 11.3 Å². The molecule has 0 saturated heterocycles. The van der Waals surface area contributed by atoms with E-state index in [2.05, 4.69) is 12.2 Å². The Balaban J connectivity index is 2.01. The van der Waals surface area contributed by atoms with Gasteiger partial charge in [-0.25, -0.2) is 4.79 Å². The second-order valence-electron chi connectivity index (χ2n) is 6.87. The first kappa shape index (κ1) is 15.3. The summed E-state index contributed by atoms with van der Waals surface area (Å²) in [6.07, 6.45) is 6.41. The van der Waals surface area contributed by atoms with Gasteiger partial charge in [-0.3, -0.25) is 4.79 Å². The van der Waals surface area contributed by atoms with Gasteiger partial charge in [0.15, 0.2) is 0 Å². The summed E-state index contributed by atoms with van der Waals surface area (Å²) in [4.78, 5) is 23.9. The predicted octanol–water partition coefficient (Wildman–Crippen LogP) is 1.66. The first-order valence-electron chi connectivity index (χ1n) is 7.66. The van der Waals surface area contributed by atoms with Crippen LogP contribution >= 0.6 is 0 Å². The van der Waals surface area contributed by atoms with E-state index in [1.165, 1.54) is 0 Å². The van der Waals surface area contributed by atoms with E-state index >= 15 is 0 Å². The molecule has 2 saturated carbocycles. The number of amides is 1. The molecule has 2 aliphatic rings. The maximum Gasteiger partial charge on any atom is 0.329 e. The largest absolute Gasteiger partial charge is 0.480 e. The highest BCUT2D eigenvalue weighted by Gasteiger charge is 2.45. The molecule has 5 nitrogen and oxygen atoms in total. The summed E-state index contributed by atoms with van der Waals surface area (Å²) in [7, 11) is 0. The summed E-state index contributed by atoms with van der Waals surface area (Å²) < 4.78 is 0. The fourth-order valence-corrected chi connectivity index (χ4v) is 3.69. The molecular formula is C15H26N2O3. The molecule has 2 unspecified atom stereocenters. The lowest BCUT2D eigenvalue weighted by Gasteiger charge is -2.42. The average Bonchev–Trinajstić information content (AvgIpc) is 2.33. The van der Waals surface area contributed by atoms with E-state index in [9.17, 15) is 14.7 Å². The molecule has 4 N–H and O–H groups in total. The number of nitrogens with two attached hydrogens (primary N) is 1. The maximum absolute atomic E-state index is 12.3. The van der Waals surface area contributed by atoms with Crippen LogP contribution < -0.4 is 11.1 Å². The molecule has 0 aromatic carbocycles. The van der Waals surface area contributed by atoms with Crippen LogP contribution in [0.15, 0.2) is 0 Å². The Labute approximate surface area is 120 Å². The lowest BCUT2D eigenvalue weighted by Crippen LogP contribution is -2.58. The Morgan fingerprint density at radius 3 is 2.45 bits per heavy atom. The highest BCUT2D eigenvalue weighted by molar-refractivity contribution is 5.87. The van der Waals surface area contributed by atoms with Gasteiger partial charge in [-0.2, -0.15) is 0 Å². The van der Waals surface area contributed by atoms with Crippen LogP contribution in [0.1, 0.15) is 58.3 Å². The number of nitrogens with one attached hydrogen (secondary N) is 1. The van der Waals surface area contributed by atoms with Crippen LogP contribution in [0.2, 0.25) is 0 Å². The summed E-state index contributed by atoms with van der Waals surface area (Å²) in [6, 6.07) is 0. The first-order valence-corrected chi connectivity index (χ1v) is 7.66. The standard InChI is InChI=1S/C15H26N2O3/c1-11-4-2-7-15(8-11,13(19)20)17-12(18)9-14(10-16)5-3-6-14/h11H,2-10,16H2,1H3,(H,17,18)(H,19,20). The minimum absolute atomic E-state index is 0.0793. The van der Waals surface area contributed by atoms with Gasteiger partial charge in [0.1, 0.15) is 5.54 Å². The molecule has 2 rings (SSSR count). The topological polar surface area (TPSA) is 92.4 Å². The van der Waals surface area contributed by atoms with Crippen molar-refractivity contribution in [3.63, 3.8) is 0 Å². The number of carboxylic acid groups (broad SMARTS) is 1. The van der Waals surface area contributed by atoms with Gasteiger partial charge < -0.3 is 16.2 Å². The fraction of sp³-hybridized carbons (Fsp3) is 0.867. The van der Waals surface area contributed by atoms with E-state index in [-0.39, 0.29) is 11.3 Å². The molecule has 114 valence electrons. The number of aliphatic carboxylic acids is 1. The summed E-state index contributed by atoms with van der Waals surface area (Å²) in [6.45, 7) is 2.56. The number of hydrogen-bond donors (Lipinski definition) is 3. The van der Waals surface area contributed by atoms with Gasteiger partial charge in [0.2, 0.25) is 5.91 Å². The highest BCUT2D eigenvalue weighted by Crippen LogP contribution is 2.43. The smallest absolute Gasteiger partial charge is 0.329 e. The van der Waals surface area contributed by atoms with Crippen LogP contribution in [0.25, 0.3) is 0 Å². The normalized spacial score (nSPS) is 32.2. The molecule has 0 heterocycles. The first-order chi connectivity index (χ1) is 9.41. The number of hydrogen-bond acceptors (Lipinski definition) is 3. The quantitative estimate of drug-likeness (QED) is 0.715. The SMILES string of the molecule is CC1CCCC(NC(=O)CC2(CN)CCC2)(C(=O)O)C1. The van der Waals surface area contributed by atoms with Gasteiger partial charge in [0.05, 0.1) is 0 Å². The van der Waals surface area contributed by atoms with Gasteiger partial charge >= 0.3 is 5.97 Å². The summed E-state index contributed by atoms with van der Waals surface area (Å²) >= 11 is 0. The van der Waals surface area contributed by atoms with Gasteiger partial charge in [-0.05, 0) is 43.6 Å². The van der Waals surface area contributed by atoms with E-state index in [4.69, 9.17) is 5.73 Å². The summed E-state index contributed by atoms with van der Waals surface area (Å²) in [5, 5.41) is 12.4. The number of rotatable bonds is 5. The second-order valence-corrected chi connectivity index (χ2v) is 6.87. The van der Waals surface area contributed by atoms with E-state index in [0.29, 0.717) is 31.7 Å². The van der Waals surface area contributed by atoms with Gasteiger partial charge in [0.25, 0.3) is 0 Å². The minimum Gasteiger partial charge on any atom is -0.480 e. The molecule has 2 aliphatic carbocycles. The fourth-order valence-electron chi connectivity index (χ4n) is 3.69. The molecule has 5 heteroatoms. The van der Waals surface area contributed by atoms with Crippen molar-refractivity contribution in [1.82, 2.24) is 5.32 Å². The molecule has 0 spiro atoms. The maximum atomic E-state index is 12.3. The second kappa shape index (κ2) is 5.72. The van der Waals surface area contributed by atoms with Crippen molar-refractivity contribution < 1.29 is 14.7 Å². The highest BCUT2D eigenvalue weighted by atomic mass is 16.4. The van der Waals surface area contributed by atoms with Gasteiger partial charge in [-0.15, -0.1) is 0 Å². The zero-order valence-corrected chi connectivity index (χ0v) is 12.3. The zero-order valence-electron chi connectivity index (χ0n) is 12.3. The molecule has 0 bridgehead atoms. The number of carbonyl (C=O) groups is 2. The Hall–Kier alpha value is -1.10. The van der Waals surface area contributed by atoms with Crippen molar-refractivity contribution in [2.24, 2.45) is 17.1 Å². The lowest BCUT2D eigenvalue weighted by molar-refractivity contribution is -0.150. The van der Waals surface area contributed by atoms with E-state index in [1.807, 2.05) is 0 Å². The van der Waals surface area contributed by atoms with Crippen molar-refractivity contribution >= 4 is 11.9 Å². The molecule has 0 aliphatic heterocycles. The summed E-state index contributed by atoms with van der Waals surface area (Å²) in [5.41, 5.74) is 4.63. The minimum atomic E-state index is -1.06. The van der Waals surface area contributed by atoms with Crippen LogP contribution in [-0.2, 0) is 9.59 Å².